The molecule has 0 fully saturated rings. The van der Waals surface area contributed by atoms with E-state index in [0.717, 1.165) is 17.2 Å². The second-order valence-electron chi connectivity index (χ2n) is 13.7. The van der Waals surface area contributed by atoms with Crippen LogP contribution in [0.1, 0.15) is 51.2 Å². The SMILES string of the molecule is C=CC[C@@H](C)[C@@H](C[C@@H](O)CCO[Si](CC(C)C)(c1ccccc1)c1ccccc1)S(=O)(=O)N(Cc1ccc(OC)cc1)Cc1ccc(OC)cc1. The summed E-state index contributed by atoms with van der Waals surface area (Å²) < 4.78 is 48.7. The van der Waals surface area contributed by atoms with Gasteiger partial charge in [-0.25, -0.2) is 8.42 Å². The van der Waals surface area contributed by atoms with Crippen molar-refractivity contribution in [1.82, 2.24) is 4.31 Å². The molecule has 4 aromatic carbocycles. The van der Waals surface area contributed by atoms with Crippen LogP contribution in [0.15, 0.2) is 122 Å². The number of allylic oxidation sites excluding steroid dienone is 1. The lowest BCUT2D eigenvalue weighted by atomic mass is 9.98. The van der Waals surface area contributed by atoms with Crippen LogP contribution in [0.5, 0.6) is 11.5 Å². The van der Waals surface area contributed by atoms with Crippen molar-refractivity contribution in [2.24, 2.45) is 11.8 Å². The highest BCUT2D eigenvalue weighted by Crippen LogP contribution is 2.29. The maximum absolute atomic E-state index is 14.8. The van der Waals surface area contributed by atoms with Crippen LogP contribution in [0.4, 0.5) is 0 Å². The second-order valence-corrected chi connectivity index (χ2v) is 19.4. The first kappa shape index (κ1) is 40.0. The number of methoxy groups -OCH3 is 2. The Morgan fingerprint density at radius 2 is 1.24 bits per heavy atom. The molecule has 4 rings (SSSR count). The lowest BCUT2D eigenvalue weighted by Crippen LogP contribution is -2.61. The first-order valence-corrected chi connectivity index (χ1v) is 21.4. The molecule has 0 aliphatic heterocycles. The molecule has 1 N–H and O–H groups in total. The van der Waals surface area contributed by atoms with Gasteiger partial charge in [0, 0.05) is 19.7 Å². The lowest BCUT2D eigenvalue weighted by Gasteiger charge is -2.35. The minimum Gasteiger partial charge on any atom is -0.497 e. The van der Waals surface area contributed by atoms with Crippen molar-refractivity contribution in [3.63, 3.8) is 0 Å². The van der Waals surface area contributed by atoms with Crippen molar-refractivity contribution in [2.75, 3.05) is 20.8 Å². The monoisotopic (exact) mass is 729 g/mol. The van der Waals surface area contributed by atoms with Crippen molar-refractivity contribution in [1.29, 1.82) is 0 Å². The van der Waals surface area contributed by atoms with Gasteiger partial charge in [-0.05, 0) is 82.9 Å². The second kappa shape index (κ2) is 19.2. The number of benzene rings is 4. The molecular weight excluding hydrogens is 675 g/mol. The molecule has 0 aromatic heterocycles. The Labute approximate surface area is 307 Å². The van der Waals surface area contributed by atoms with Crippen molar-refractivity contribution < 1.29 is 27.4 Å². The standard InChI is InChI=1S/C42H55NO6SSi/c1-7-14-34(4)42(50(45,46)43(30-35-19-23-38(47-5)24-20-35)31-36-21-25-39(48-6)26-22-36)29-37(44)27-28-49-51(32-33(2)3,40-15-10-8-11-16-40)41-17-12-9-13-18-41/h7-13,15-26,33-34,37,42,44H,1,14,27-32H2,2-6H3/t34-,37+,42-/m1/s1. The number of aliphatic hydroxyl groups excluding tert-OH is 1. The van der Waals surface area contributed by atoms with Gasteiger partial charge in [0.05, 0.1) is 25.6 Å². The van der Waals surface area contributed by atoms with E-state index in [4.69, 9.17) is 13.9 Å². The van der Waals surface area contributed by atoms with Crippen LogP contribution in [0.25, 0.3) is 0 Å². The average molecular weight is 730 g/mol. The smallest absolute Gasteiger partial charge is 0.255 e. The summed E-state index contributed by atoms with van der Waals surface area (Å²) in [6.07, 6.45) is 1.76. The van der Waals surface area contributed by atoms with E-state index < -0.39 is 29.7 Å². The Bertz CT molecular complexity index is 1630. The Hall–Kier alpha value is -3.73. The Balaban J connectivity index is 1.60. The third-order valence-electron chi connectivity index (χ3n) is 9.43. The summed E-state index contributed by atoms with van der Waals surface area (Å²) in [6, 6.07) is 36.6. The Morgan fingerprint density at radius 1 is 0.765 bits per heavy atom. The van der Waals surface area contributed by atoms with Crippen LogP contribution in [0, 0.1) is 11.8 Å². The fraction of sp³-hybridized carbons (Fsp3) is 0.381. The summed E-state index contributed by atoms with van der Waals surface area (Å²) >= 11 is 0. The van der Waals surface area contributed by atoms with Gasteiger partial charge in [0.1, 0.15) is 11.5 Å². The topological polar surface area (TPSA) is 85.3 Å². The fourth-order valence-corrected chi connectivity index (χ4v) is 13.3. The van der Waals surface area contributed by atoms with Gasteiger partial charge in [-0.1, -0.05) is 112 Å². The summed E-state index contributed by atoms with van der Waals surface area (Å²) in [7, 11) is -3.40. The van der Waals surface area contributed by atoms with E-state index in [2.05, 4.69) is 69.0 Å². The van der Waals surface area contributed by atoms with Crippen molar-refractivity contribution in [3.8, 4) is 11.5 Å². The molecule has 7 nitrogen and oxygen atoms in total. The van der Waals surface area contributed by atoms with Gasteiger partial charge in [-0.2, -0.15) is 4.31 Å². The fourth-order valence-electron chi connectivity index (χ4n) is 6.73. The van der Waals surface area contributed by atoms with E-state index in [-0.39, 0.29) is 25.4 Å². The van der Waals surface area contributed by atoms with Crippen LogP contribution in [0.3, 0.4) is 0 Å². The predicted octanol–water partition coefficient (Wildman–Crippen LogP) is 7.19. The van der Waals surface area contributed by atoms with E-state index in [1.807, 2.05) is 67.6 Å². The number of aliphatic hydroxyl groups is 1. The largest absolute Gasteiger partial charge is 0.497 e. The van der Waals surface area contributed by atoms with Crippen LogP contribution in [0.2, 0.25) is 6.04 Å². The molecule has 0 heterocycles. The molecule has 0 bridgehead atoms. The van der Waals surface area contributed by atoms with Gasteiger partial charge < -0.3 is 19.0 Å². The van der Waals surface area contributed by atoms with Gasteiger partial charge in [0.2, 0.25) is 10.0 Å². The quantitative estimate of drug-likeness (QED) is 0.0723. The van der Waals surface area contributed by atoms with Crippen molar-refractivity contribution in [3.05, 3.63) is 133 Å². The third-order valence-corrected chi connectivity index (χ3v) is 16.5. The van der Waals surface area contributed by atoms with Gasteiger partial charge in [-0.15, -0.1) is 6.58 Å². The number of hydrogen-bond acceptors (Lipinski definition) is 6. The third kappa shape index (κ3) is 10.9. The first-order chi connectivity index (χ1) is 24.5. The highest BCUT2D eigenvalue weighted by molar-refractivity contribution is 7.89. The van der Waals surface area contributed by atoms with E-state index in [1.165, 1.54) is 14.7 Å². The molecule has 3 atom stereocenters. The van der Waals surface area contributed by atoms with Gasteiger partial charge in [-0.3, -0.25) is 0 Å². The predicted molar refractivity (Wildman–Crippen MR) is 211 cm³/mol. The van der Waals surface area contributed by atoms with Crippen LogP contribution < -0.4 is 19.8 Å². The molecule has 0 saturated heterocycles. The van der Waals surface area contributed by atoms with E-state index in [1.54, 1.807) is 20.3 Å². The maximum atomic E-state index is 14.8. The highest BCUT2D eigenvalue weighted by atomic mass is 32.2. The zero-order valence-corrected chi connectivity index (χ0v) is 32.6. The lowest BCUT2D eigenvalue weighted by molar-refractivity contribution is 0.123. The number of sulfonamides is 1. The zero-order chi connectivity index (χ0) is 36.9. The van der Waals surface area contributed by atoms with E-state index >= 15 is 0 Å². The molecule has 0 radical (unpaired) electrons. The number of ether oxygens (including phenoxy) is 2. The van der Waals surface area contributed by atoms with Gasteiger partial charge in [0.15, 0.2) is 0 Å². The summed E-state index contributed by atoms with van der Waals surface area (Å²) in [5.41, 5.74) is 1.68. The molecular formula is C42H55NO6SSi. The minimum atomic E-state index is -3.93. The van der Waals surface area contributed by atoms with E-state index in [0.29, 0.717) is 36.9 Å². The Morgan fingerprint density at radius 3 is 1.65 bits per heavy atom. The maximum Gasteiger partial charge on any atom is 0.255 e. The van der Waals surface area contributed by atoms with Crippen molar-refractivity contribution in [2.45, 2.75) is 70.5 Å². The van der Waals surface area contributed by atoms with Crippen LogP contribution in [-0.4, -0.2) is 58.3 Å². The number of nitrogens with zero attached hydrogens (tertiary/aromatic N) is 1. The number of hydrogen-bond donors (Lipinski definition) is 1. The minimum absolute atomic E-state index is 0.0812. The molecule has 0 amide bonds. The molecule has 9 heteroatoms. The van der Waals surface area contributed by atoms with E-state index in [9.17, 15) is 13.5 Å². The van der Waals surface area contributed by atoms with Crippen LogP contribution in [-0.2, 0) is 27.5 Å². The summed E-state index contributed by atoms with van der Waals surface area (Å²) in [4.78, 5) is 0. The van der Waals surface area contributed by atoms with Gasteiger partial charge in [0.25, 0.3) is 8.32 Å². The normalized spacial score (nSPS) is 13.9. The molecule has 0 aliphatic carbocycles. The molecule has 4 aromatic rings. The van der Waals surface area contributed by atoms with Crippen LogP contribution >= 0.6 is 0 Å². The van der Waals surface area contributed by atoms with Gasteiger partial charge >= 0.3 is 0 Å². The molecule has 51 heavy (non-hydrogen) atoms. The zero-order valence-electron chi connectivity index (χ0n) is 30.8. The summed E-state index contributed by atoms with van der Waals surface area (Å²) in [6.45, 7) is 10.9. The average Bonchev–Trinajstić information content (AvgIpc) is 3.14. The molecule has 274 valence electrons. The summed E-state index contributed by atoms with van der Waals surface area (Å²) in [5.74, 6) is 1.51. The molecule has 0 saturated carbocycles. The molecule has 0 unspecified atom stereocenters. The summed E-state index contributed by atoms with van der Waals surface area (Å²) in [5, 5.41) is 13.1. The number of rotatable bonds is 21. The molecule has 0 spiro atoms. The highest BCUT2D eigenvalue weighted by Gasteiger charge is 2.41. The first-order valence-electron chi connectivity index (χ1n) is 17.8. The Kier molecular flexibility index (Phi) is 15.1. The van der Waals surface area contributed by atoms with Crippen molar-refractivity contribution >= 4 is 28.7 Å². The molecule has 0 aliphatic rings.